The molecule has 6 aliphatic rings. The Bertz CT molecular complexity index is 768. The van der Waals surface area contributed by atoms with Gasteiger partial charge in [0.05, 0.1) is 32.2 Å². The highest BCUT2D eigenvalue weighted by atomic mass is 127. The maximum absolute atomic E-state index is 11.8. The van der Waals surface area contributed by atoms with Crippen LogP contribution in [0, 0.1) is 0 Å². The minimum Gasteiger partial charge on any atom is -0.469 e. The lowest BCUT2D eigenvalue weighted by atomic mass is 9.86. The van der Waals surface area contributed by atoms with E-state index in [9.17, 15) is 4.79 Å². The number of hydrogen-bond acceptors (Lipinski definition) is 8. The predicted octanol–water partition coefficient (Wildman–Crippen LogP) is 3.22. The molecule has 6 heterocycles. The quantitative estimate of drug-likeness (QED) is 0.245. The normalized spacial score (nSPS) is 47.1. The molecule has 8 nitrogen and oxygen atoms in total. The molecule has 10 atom stereocenters. The highest BCUT2D eigenvalue weighted by molar-refractivity contribution is 14.1. The van der Waals surface area contributed by atoms with E-state index in [-0.39, 0.29) is 60.5 Å². The van der Waals surface area contributed by atoms with Crippen LogP contribution in [0.4, 0.5) is 0 Å². The van der Waals surface area contributed by atoms with E-state index >= 15 is 0 Å². The summed E-state index contributed by atoms with van der Waals surface area (Å²) in [5.41, 5.74) is 0. The number of alkyl halides is 1. The number of hydrogen-bond donors (Lipinski definition) is 0. The van der Waals surface area contributed by atoms with Crippen LogP contribution in [0.15, 0.2) is 10.2 Å². The Morgan fingerprint density at radius 3 is 2.66 bits per heavy atom. The topological polar surface area (TPSA) is 81.7 Å². The number of esters is 1. The van der Waals surface area contributed by atoms with Crippen molar-refractivity contribution in [1.82, 2.24) is 0 Å². The Hall–Kier alpha value is -0.0100. The van der Waals surface area contributed by atoms with Crippen molar-refractivity contribution in [2.45, 2.75) is 105 Å². The van der Waals surface area contributed by atoms with Crippen LogP contribution < -0.4 is 0 Å². The number of fused-ring (bicyclic) bond motifs is 1. The second-order valence-electron chi connectivity index (χ2n) is 9.38. The molecule has 0 amide bonds. The van der Waals surface area contributed by atoms with Gasteiger partial charge in [0, 0.05) is 18.9 Å². The van der Waals surface area contributed by atoms with Gasteiger partial charge in [0.1, 0.15) is 30.5 Å². The molecule has 180 valence electrons. The van der Waals surface area contributed by atoms with E-state index in [1.165, 1.54) is 7.11 Å². The molecule has 0 saturated carbocycles. The van der Waals surface area contributed by atoms with Crippen LogP contribution in [0.2, 0.25) is 0 Å². The smallest absolute Gasteiger partial charge is 0.308 e. The first-order valence-corrected chi connectivity index (χ1v) is 12.7. The van der Waals surface area contributed by atoms with Gasteiger partial charge in [0.15, 0.2) is 5.79 Å². The standard InChI is InChI=1S/C22H30ClIO8/c1-11(24)8-12(23)6-7-21-10-22(27-3)20(32-21)19-18(31-22)17(30-21)16-14(29-19)5-4-13(28-16)9-15(25)26-2/h12-14,16-20H,1,4-10H2,2-3H3/t12?,13-,14+,16+,17?,18+,19?,20+,21-,22+/m1/s1. The molecule has 32 heavy (non-hydrogen) atoms. The average molecular weight is 585 g/mol. The first-order valence-electron chi connectivity index (χ1n) is 11.2. The zero-order valence-corrected chi connectivity index (χ0v) is 21.2. The molecule has 3 unspecified atom stereocenters. The largest absolute Gasteiger partial charge is 0.469 e. The summed E-state index contributed by atoms with van der Waals surface area (Å²) in [5.74, 6) is -2.07. The van der Waals surface area contributed by atoms with E-state index < -0.39 is 11.6 Å². The molecule has 0 aliphatic carbocycles. The Morgan fingerprint density at radius 2 is 1.94 bits per heavy atom. The van der Waals surface area contributed by atoms with Gasteiger partial charge in [0.25, 0.3) is 0 Å². The molecule has 0 aromatic heterocycles. The van der Waals surface area contributed by atoms with E-state index in [2.05, 4.69) is 29.2 Å². The lowest BCUT2D eigenvalue weighted by Gasteiger charge is -2.47. The van der Waals surface area contributed by atoms with Crippen molar-refractivity contribution in [3.05, 3.63) is 10.2 Å². The summed E-state index contributed by atoms with van der Waals surface area (Å²) in [7, 11) is 3.03. The van der Waals surface area contributed by atoms with Gasteiger partial charge < -0.3 is 33.2 Å². The van der Waals surface area contributed by atoms with Gasteiger partial charge in [-0.3, -0.25) is 4.79 Å². The molecule has 10 heteroatoms. The third-order valence-corrected chi connectivity index (χ3v) is 8.13. The summed E-state index contributed by atoms with van der Waals surface area (Å²) < 4.78 is 44.2. The van der Waals surface area contributed by atoms with Crippen molar-refractivity contribution in [2.75, 3.05) is 14.2 Å². The monoisotopic (exact) mass is 584 g/mol. The summed E-state index contributed by atoms with van der Waals surface area (Å²) in [6, 6.07) is 0. The zero-order valence-electron chi connectivity index (χ0n) is 18.3. The fraction of sp³-hybridized carbons (Fsp3) is 0.864. The van der Waals surface area contributed by atoms with Crippen molar-refractivity contribution in [3.8, 4) is 0 Å². The second kappa shape index (κ2) is 8.89. The highest BCUT2D eigenvalue weighted by Crippen LogP contribution is 2.58. The molecular weight excluding hydrogens is 555 g/mol. The van der Waals surface area contributed by atoms with Gasteiger partial charge in [0.2, 0.25) is 5.79 Å². The van der Waals surface area contributed by atoms with Gasteiger partial charge in [-0.1, -0.05) is 6.58 Å². The zero-order chi connectivity index (χ0) is 22.7. The number of rotatable bonds is 8. The number of carbonyl (C=O) groups is 1. The maximum atomic E-state index is 11.8. The van der Waals surface area contributed by atoms with Crippen molar-refractivity contribution in [2.24, 2.45) is 0 Å². The number of ether oxygens (including phenoxy) is 7. The number of methoxy groups -OCH3 is 2. The average Bonchev–Trinajstić information content (AvgIpc) is 3.12. The van der Waals surface area contributed by atoms with Crippen LogP contribution in [0.25, 0.3) is 0 Å². The molecule has 6 bridgehead atoms. The third-order valence-electron chi connectivity index (χ3n) is 7.32. The molecule has 6 aliphatic heterocycles. The van der Waals surface area contributed by atoms with E-state index in [0.717, 1.165) is 22.8 Å². The minimum atomic E-state index is -0.905. The van der Waals surface area contributed by atoms with Crippen LogP contribution >= 0.6 is 34.2 Å². The van der Waals surface area contributed by atoms with Gasteiger partial charge in [-0.2, -0.15) is 0 Å². The molecule has 0 radical (unpaired) electrons. The van der Waals surface area contributed by atoms with Gasteiger partial charge in [-0.05, 0) is 51.9 Å². The summed E-state index contributed by atoms with van der Waals surface area (Å²) >= 11 is 8.76. The molecule has 6 fully saturated rings. The fourth-order valence-electron chi connectivity index (χ4n) is 5.89. The molecule has 0 spiro atoms. The Morgan fingerprint density at radius 1 is 1.16 bits per heavy atom. The first-order chi connectivity index (χ1) is 15.3. The number of carbonyl (C=O) groups excluding carboxylic acids is 1. The van der Waals surface area contributed by atoms with E-state index in [1.54, 1.807) is 7.11 Å². The third kappa shape index (κ3) is 4.04. The molecular formula is C22H30ClIO8. The number of allylic oxidation sites excluding steroid dienone is 1. The molecule has 0 aromatic rings. The van der Waals surface area contributed by atoms with Crippen LogP contribution in [0.1, 0.15) is 44.9 Å². The number of halogens is 2. The van der Waals surface area contributed by atoms with Crippen LogP contribution in [0.3, 0.4) is 0 Å². The Labute approximate surface area is 206 Å². The lowest BCUT2D eigenvalue weighted by Crippen LogP contribution is -2.61. The summed E-state index contributed by atoms with van der Waals surface area (Å²) in [6.45, 7) is 3.95. The second-order valence-corrected chi connectivity index (χ2v) is 11.5. The van der Waals surface area contributed by atoms with Crippen LogP contribution in [-0.2, 0) is 38.0 Å². The van der Waals surface area contributed by atoms with Crippen LogP contribution in [-0.4, -0.2) is 79.9 Å². The summed E-state index contributed by atoms with van der Waals surface area (Å²) in [4.78, 5) is 11.8. The maximum Gasteiger partial charge on any atom is 0.308 e. The lowest BCUT2D eigenvalue weighted by molar-refractivity contribution is -0.302. The van der Waals surface area contributed by atoms with Gasteiger partial charge >= 0.3 is 5.97 Å². The van der Waals surface area contributed by atoms with Crippen molar-refractivity contribution < 1.29 is 38.0 Å². The molecule has 0 aromatic carbocycles. The van der Waals surface area contributed by atoms with Crippen LogP contribution in [0.5, 0.6) is 0 Å². The van der Waals surface area contributed by atoms with Gasteiger partial charge in [-0.25, -0.2) is 0 Å². The highest BCUT2D eigenvalue weighted by Gasteiger charge is 2.75. The van der Waals surface area contributed by atoms with E-state index in [0.29, 0.717) is 19.3 Å². The molecule has 0 N–H and O–H groups in total. The summed E-state index contributed by atoms with van der Waals surface area (Å²) in [6.07, 6.45) is 2.08. The van der Waals surface area contributed by atoms with Crippen molar-refractivity contribution >= 4 is 40.2 Å². The Kier molecular flexibility index (Phi) is 6.59. The minimum absolute atomic E-state index is 0.0589. The van der Waals surface area contributed by atoms with Crippen molar-refractivity contribution in [3.63, 3.8) is 0 Å². The van der Waals surface area contributed by atoms with Gasteiger partial charge in [-0.15, -0.1) is 11.6 Å². The Balaban J connectivity index is 1.38. The van der Waals surface area contributed by atoms with E-state index in [1.807, 2.05) is 0 Å². The molecule has 6 saturated heterocycles. The van der Waals surface area contributed by atoms with E-state index in [4.69, 9.17) is 44.8 Å². The fourth-order valence-corrected chi connectivity index (χ4v) is 6.97. The summed E-state index contributed by atoms with van der Waals surface area (Å²) in [5, 5.41) is -0.0589. The SMILES string of the molecule is C=C(I)CC(Cl)CC[C@@]12C[C@]3(OC)O[C@H]4C(O1)[C@H]1O[C@@H](CC(=O)OC)CC[C@@H]1OC4[C@@H]3O2. The first kappa shape index (κ1) is 23.7. The molecule has 6 rings (SSSR count). The van der Waals surface area contributed by atoms with Crippen molar-refractivity contribution in [1.29, 1.82) is 0 Å². The predicted molar refractivity (Wildman–Crippen MR) is 122 cm³/mol.